The minimum Gasteiger partial charge on any atom is -0.299 e. The molecule has 42 valence electrons. The first-order valence-electron chi connectivity index (χ1n) is 2.33. The first-order chi connectivity index (χ1) is 3.18. The summed E-state index contributed by atoms with van der Waals surface area (Å²) in [5, 5.41) is 0. The van der Waals surface area contributed by atoms with E-state index in [9.17, 15) is 4.79 Å². The quantitative estimate of drug-likeness (QED) is 0.569. The van der Waals surface area contributed by atoms with Crippen LogP contribution in [-0.2, 0) is 4.79 Å². The van der Waals surface area contributed by atoms with Crippen LogP contribution in [0.15, 0.2) is 0 Å². The molecule has 2 heteroatoms. The molecule has 0 bridgehead atoms. The predicted octanol–water partition coefficient (Wildman–Crippen LogP) is 1.75. The smallest absolute Gasteiger partial charge is 0.143 e. The van der Waals surface area contributed by atoms with Crippen molar-refractivity contribution in [3.8, 4) is 0 Å². The Labute approximate surface area is 52.2 Å². The maximum atomic E-state index is 10.3. The van der Waals surface area contributed by atoms with Crippen molar-refractivity contribution in [3.63, 3.8) is 0 Å². The monoisotopic (exact) mass is 164 g/mol. The number of ketones is 1. The number of carbonyl (C=O) groups is 1. The summed E-state index contributed by atoms with van der Waals surface area (Å²) < 4.78 is 0. The Bertz CT molecular complexity index is 70.5. The molecule has 0 amide bonds. The lowest BCUT2D eigenvalue weighted by molar-refractivity contribution is -0.116. The van der Waals surface area contributed by atoms with Gasteiger partial charge in [-0.15, -0.1) is 0 Å². The van der Waals surface area contributed by atoms with E-state index >= 15 is 0 Å². The maximum absolute atomic E-state index is 10.3. The molecule has 0 aliphatic heterocycles. The average molecular weight is 165 g/mol. The number of Topliss-reactive ketones (excluding diaryl/α,β-unsaturated/α-hetero) is 1. The third kappa shape index (κ3) is 2.80. The van der Waals surface area contributed by atoms with Crippen molar-refractivity contribution in [1.29, 1.82) is 0 Å². The van der Waals surface area contributed by atoms with E-state index in [4.69, 9.17) is 0 Å². The van der Waals surface area contributed by atoms with Crippen LogP contribution in [0.1, 0.15) is 20.3 Å². The van der Waals surface area contributed by atoms with Crippen LogP contribution in [0.4, 0.5) is 0 Å². The van der Waals surface area contributed by atoms with Crippen molar-refractivity contribution < 1.29 is 4.79 Å². The van der Waals surface area contributed by atoms with E-state index < -0.39 is 0 Å². The number of hydrogen-bond donors (Lipinski definition) is 0. The van der Waals surface area contributed by atoms with Gasteiger partial charge in [0.2, 0.25) is 0 Å². The molecule has 7 heavy (non-hydrogen) atoms. The number of rotatable bonds is 2. The van der Waals surface area contributed by atoms with Crippen molar-refractivity contribution in [3.05, 3.63) is 0 Å². The van der Waals surface area contributed by atoms with Crippen LogP contribution in [0.2, 0.25) is 0 Å². The SMILES string of the molecule is CCC(Br)C(C)=O. The van der Waals surface area contributed by atoms with E-state index in [0.717, 1.165) is 6.42 Å². The van der Waals surface area contributed by atoms with Crippen LogP contribution in [0, 0.1) is 0 Å². The van der Waals surface area contributed by atoms with Gasteiger partial charge in [0, 0.05) is 0 Å². The Balaban J connectivity index is 3.34. The zero-order valence-corrected chi connectivity index (χ0v) is 6.16. The lowest BCUT2D eigenvalue weighted by Crippen LogP contribution is -2.06. The summed E-state index contributed by atoms with van der Waals surface area (Å²) in [5.74, 6) is 0.211. The Morgan fingerprint density at radius 1 is 1.86 bits per heavy atom. The minimum absolute atomic E-state index is 0.0764. The molecule has 0 saturated heterocycles. The van der Waals surface area contributed by atoms with Gasteiger partial charge in [0.05, 0.1) is 4.83 Å². The molecule has 0 radical (unpaired) electrons. The molecular formula is C5H9BrO. The fourth-order valence-electron chi connectivity index (χ4n) is 0.287. The van der Waals surface area contributed by atoms with Crippen molar-refractivity contribution >= 4 is 21.7 Å². The summed E-state index contributed by atoms with van der Waals surface area (Å²) in [4.78, 5) is 10.4. The van der Waals surface area contributed by atoms with Crippen LogP contribution >= 0.6 is 15.9 Å². The lowest BCUT2D eigenvalue weighted by Gasteiger charge is -1.96. The fraction of sp³-hybridized carbons (Fsp3) is 0.800. The Morgan fingerprint density at radius 3 is 2.29 bits per heavy atom. The third-order valence-electron chi connectivity index (χ3n) is 0.800. The summed E-state index contributed by atoms with van der Waals surface area (Å²) in [6.45, 7) is 3.56. The molecule has 0 saturated carbocycles. The predicted molar refractivity (Wildman–Crippen MR) is 33.7 cm³/mol. The van der Waals surface area contributed by atoms with Gasteiger partial charge in [0.25, 0.3) is 0 Å². The van der Waals surface area contributed by atoms with E-state index in [0.29, 0.717) is 0 Å². The summed E-state index contributed by atoms with van der Waals surface area (Å²) in [7, 11) is 0. The zero-order chi connectivity index (χ0) is 5.86. The molecule has 1 atom stereocenters. The van der Waals surface area contributed by atoms with Crippen molar-refractivity contribution in [2.24, 2.45) is 0 Å². The van der Waals surface area contributed by atoms with Crippen molar-refractivity contribution in [2.75, 3.05) is 0 Å². The van der Waals surface area contributed by atoms with Crippen LogP contribution in [-0.4, -0.2) is 10.6 Å². The highest BCUT2D eigenvalue weighted by Gasteiger charge is 2.03. The second-order valence-corrected chi connectivity index (χ2v) is 2.59. The van der Waals surface area contributed by atoms with Crippen LogP contribution in [0.5, 0.6) is 0 Å². The zero-order valence-electron chi connectivity index (χ0n) is 4.57. The molecule has 0 N–H and O–H groups in total. The largest absolute Gasteiger partial charge is 0.299 e. The van der Waals surface area contributed by atoms with Gasteiger partial charge in [-0.05, 0) is 13.3 Å². The van der Waals surface area contributed by atoms with Gasteiger partial charge in [-0.1, -0.05) is 22.9 Å². The molecule has 0 fully saturated rings. The van der Waals surface area contributed by atoms with Crippen LogP contribution < -0.4 is 0 Å². The fourth-order valence-corrected chi connectivity index (χ4v) is 0.287. The van der Waals surface area contributed by atoms with E-state index in [-0.39, 0.29) is 10.6 Å². The van der Waals surface area contributed by atoms with E-state index in [2.05, 4.69) is 15.9 Å². The summed E-state index contributed by atoms with van der Waals surface area (Å²) >= 11 is 3.19. The van der Waals surface area contributed by atoms with E-state index in [1.807, 2.05) is 6.92 Å². The van der Waals surface area contributed by atoms with Gasteiger partial charge in [-0.2, -0.15) is 0 Å². The number of alkyl halides is 1. The van der Waals surface area contributed by atoms with Gasteiger partial charge in [-0.3, -0.25) is 4.79 Å². The van der Waals surface area contributed by atoms with E-state index in [1.54, 1.807) is 6.92 Å². The Morgan fingerprint density at radius 2 is 2.29 bits per heavy atom. The Hall–Kier alpha value is 0.150. The van der Waals surface area contributed by atoms with Crippen LogP contribution in [0.3, 0.4) is 0 Å². The first-order valence-corrected chi connectivity index (χ1v) is 3.24. The van der Waals surface area contributed by atoms with Gasteiger partial charge >= 0.3 is 0 Å². The third-order valence-corrected chi connectivity index (χ3v) is 2.09. The average Bonchev–Trinajstić information content (AvgIpc) is 1.65. The molecule has 0 aromatic heterocycles. The first kappa shape index (κ1) is 7.15. The highest BCUT2D eigenvalue weighted by atomic mass is 79.9. The standard InChI is InChI=1S/C5H9BrO/c1-3-5(6)4(2)7/h5H,3H2,1-2H3. The maximum Gasteiger partial charge on any atom is 0.143 e. The van der Waals surface area contributed by atoms with Gasteiger partial charge in [0.1, 0.15) is 5.78 Å². The van der Waals surface area contributed by atoms with Gasteiger partial charge in [-0.25, -0.2) is 0 Å². The number of halogens is 1. The molecule has 0 aromatic carbocycles. The molecule has 1 nitrogen and oxygen atoms in total. The summed E-state index contributed by atoms with van der Waals surface area (Å²) in [6.07, 6.45) is 0.884. The molecule has 0 aliphatic carbocycles. The van der Waals surface area contributed by atoms with Crippen molar-refractivity contribution in [2.45, 2.75) is 25.1 Å². The molecule has 1 unspecified atom stereocenters. The highest BCUT2D eigenvalue weighted by molar-refractivity contribution is 9.10. The van der Waals surface area contributed by atoms with Crippen LogP contribution in [0.25, 0.3) is 0 Å². The highest BCUT2D eigenvalue weighted by Crippen LogP contribution is 2.03. The molecule has 0 heterocycles. The normalized spacial score (nSPS) is 13.6. The number of hydrogen-bond acceptors (Lipinski definition) is 1. The molecule has 0 aromatic rings. The number of carbonyl (C=O) groups excluding carboxylic acids is 1. The molecule has 0 spiro atoms. The van der Waals surface area contributed by atoms with Gasteiger partial charge < -0.3 is 0 Å². The van der Waals surface area contributed by atoms with Gasteiger partial charge in [0.15, 0.2) is 0 Å². The second-order valence-electron chi connectivity index (χ2n) is 1.49. The molecular weight excluding hydrogens is 156 g/mol. The molecule has 0 rings (SSSR count). The topological polar surface area (TPSA) is 17.1 Å². The Kier molecular flexibility index (Phi) is 3.26. The summed E-state index contributed by atoms with van der Waals surface area (Å²) in [6, 6.07) is 0. The molecule has 0 aliphatic rings. The van der Waals surface area contributed by atoms with Crippen molar-refractivity contribution in [1.82, 2.24) is 0 Å². The summed E-state index contributed by atoms with van der Waals surface area (Å²) in [5.41, 5.74) is 0. The lowest BCUT2D eigenvalue weighted by atomic mass is 10.3. The minimum atomic E-state index is 0.0764. The van der Waals surface area contributed by atoms with E-state index in [1.165, 1.54) is 0 Å². The second kappa shape index (κ2) is 3.19.